The van der Waals surface area contributed by atoms with Crippen LogP contribution in [0.2, 0.25) is 0 Å². The summed E-state index contributed by atoms with van der Waals surface area (Å²) < 4.78 is 32.3. The summed E-state index contributed by atoms with van der Waals surface area (Å²) in [6.07, 6.45) is 0. The molecule has 0 saturated carbocycles. The van der Waals surface area contributed by atoms with Crippen molar-refractivity contribution in [2.24, 2.45) is 0 Å². The molecule has 0 radical (unpaired) electrons. The van der Waals surface area contributed by atoms with Gasteiger partial charge in [-0.2, -0.15) is 4.31 Å². The molecule has 1 heterocycles. The number of aryl methyl sites for hydroxylation is 2. The quantitative estimate of drug-likeness (QED) is 0.808. The molecule has 3 rings (SSSR count). The van der Waals surface area contributed by atoms with Gasteiger partial charge in [0.1, 0.15) is 0 Å². The van der Waals surface area contributed by atoms with Crippen LogP contribution in [0.1, 0.15) is 21.5 Å². The molecule has 6 nitrogen and oxygen atoms in total. The number of hydrogen-bond donors (Lipinski definition) is 0. The van der Waals surface area contributed by atoms with E-state index in [1.807, 2.05) is 32.0 Å². The number of anilines is 1. The Bertz CT molecular complexity index is 950. The van der Waals surface area contributed by atoms with Gasteiger partial charge in [-0.1, -0.05) is 18.2 Å². The maximum Gasteiger partial charge on any atom is 0.258 e. The zero-order valence-electron chi connectivity index (χ0n) is 15.8. The van der Waals surface area contributed by atoms with Gasteiger partial charge in [-0.15, -0.1) is 0 Å². The highest BCUT2D eigenvalue weighted by Crippen LogP contribution is 2.24. The molecular formula is C20H24N2O4S. The Kier molecular flexibility index (Phi) is 5.64. The number of carbonyl (C=O) groups excluding carboxylic acids is 1. The third-order valence-corrected chi connectivity index (χ3v) is 6.61. The Morgan fingerprint density at radius 2 is 1.78 bits per heavy atom. The Morgan fingerprint density at radius 3 is 2.48 bits per heavy atom. The summed E-state index contributed by atoms with van der Waals surface area (Å²) in [7, 11) is -1.94. The maximum atomic E-state index is 13.0. The molecule has 1 aliphatic rings. The van der Waals surface area contributed by atoms with Crippen molar-refractivity contribution in [3.63, 3.8) is 0 Å². The zero-order chi connectivity index (χ0) is 19.6. The number of benzene rings is 2. The van der Waals surface area contributed by atoms with Gasteiger partial charge in [0, 0.05) is 31.4 Å². The third kappa shape index (κ3) is 4.05. The first-order valence-electron chi connectivity index (χ1n) is 8.84. The lowest BCUT2D eigenvalue weighted by atomic mass is 10.1. The molecule has 1 aliphatic heterocycles. The smallest absolute Gasteiger partial charge is 0.258 e. The molecule has 0 aliphatic carbocycles. The second-order valence-corrected chi connectivity index (χ2v) is 8.64. The lowest BCUT2D eigenvalue weighted by molar-refractivity contribution is 0.0730. The van der Waals surface area contributed by atoms with E-state index in [1.54, 1.807) is 24.1 Å². The molecule has 2 aromatic carbocycles. The summed E-state index contributed by atoms with van der Waals surface area (Å²) >= 11 is 0. The van der Waals surface area contributed by atoms with Crippen LogP contribution in [0.4, 0.5) is 5.69 Å². The number of rotatable bonds is 4. The van der Waals surface area contributed by atoms with Gasteiger partial charge in [0.25, 0.3) is 5.91 Å². The second kappa shape index (κ2) is 7.80. The molecule has 144 valence electrons. The van der Waals surface area contributed by atoms with E-state index in [0.717, 1.165) is 16.8 Å². The van der Waals surface area contributed by atoms with Crippen molar-refractivity contribution in [1.29, 1.82) is 0 Å². The number of ether oxygens (including phenoxy) is 1. The highest BCUT2D eigenvalue weighted by Gasteiger charge is 2.27. The summed E-state index contributed by atoms with van der Waals surface area (Å²) in [5.74, 6) is -0.247. The lowest BCUT2D eigenvalue weighted by Crippen LogP contribution is -2.40. The molecular weight excluding hydrogens is 364 g/mol. The largest absolute Gasteiger partial charge is 0.379 e. The average Bonchev–Trinajstić information content (AvgIpc) is 2.69. The number of morpholine rings is 1. The average molecular weight is 388 g/mol. The highest BCUT2D eigenvalue weighted by atomic mass is 32.2. The van der Waals surface area contributed by atoms with Crippen LogP contribution >= 0.6 is 0 Å². The van der Waals surface area contributed by atoms with Crippen LogP contribution in [-0.2, 0) is 14.8 Å². The maximum absolute atomic E-state index is 13.0. The van der Waals surface area contributed by atoms with Gasteiger partial charge >= 0.3 is 0 Å². The van der Waals surface area contributed by atoms with Crippen LogP contribution in [0.3, 0.4) is 0 Å². The zero-order valence-corrected chi connectivity index (χ0v) is 16.6. The molecule has 0 spiro atoms. The number of nitrogens with zero attached hydrogens (tertiary/aromatic N) is 2. The fraction of sp³-hybridized carbons (Fsp3) is 0.350. The van der Waals surface area contributed by atoms with Gasteiger partial charge in [0.2, 0.25) is 10.0 Å². The Balaban J connectivity index is 1.90. The minimum absolute atomic E-state index is 0.129. The molecule has 1 fully saturated rings. The van der Waals surface area contributed by atoms with Crippen molar-refractivity contribution < 1.29 is 17.9 Å². The first kappa shape index (κ1) is 19.5. The summed E-state index contributed by atoms with van der Waals surface area (Å²) in [5, 5.41) is 0. The van der Waals surface area contributed by atoms with Gasteiger partial charge in [0.05, 0.1) is 18.1 Å². The first-order valence-corrected chi connectivity index (χ1v) is 10.3. The van der Waals surface area contributed by atoms with Crippen LogP contribution < -0.4 is 4.90 Å². The molecule has 1 saturated heterocycles. The van der Waals surface area contributed by atoms with Crippen LogP contribution in [0.5, 0.6) is 0 Å². The fourth-order valence-electron chi connectivity index (χ4n) is 3.11. The van der Waals surface area contributed by atoms with Crippen molar-refractivity contribution in [1.82, 2.24) is 4.31 Å². The van der Waals surface area contributed by atoms with Gasteiger partial charge < -0.3 is 9.64 Å². The standard InChI is InChI=1S/C20H24N2O4S/c1-15-7-8-16(2)19(13-15)21(3)20(23)17-5-4-6-18(14-17)27(24,25)22-9-11-26-12-10-22/h4-8,13-14H,9-12H2,1-3H3. The number of carbonyl (C=O) groups is 1. The molecule has 7 heteroatoms. The monoisotopic (exact) mass is 388 g/mol. The van der Waals surface area contributed by atoms with Crippen LogP contribution in [0.25, 0.3) is 0 Å². The minimum Gasteiger partial charge on any atom is -0.379 e. The van der Waals surface area contributed by atoms with Crippen LogP contribution in [-0.4, -0.2) is 52.0 Å². The van der Waals surface area contributed by atoms with E-state index in [9.17, 15) is 13.2 Å². The normalized spacial score (nSPS) is 15.5. The van der Waals surface area contributed by atoms with E-state index < -0.39 is 10.0 Å². The summed E-state index contributed by atoms with van der Waals surface area (Å²) in [6, 6.07) is 12.1. The van der Waals surface area contributed by atoms with Crippen LogP contribution in [0.15, 0.2) is 47.4 Å². The van der Waals surface area contributed by atoms with Crippen LogP contribution in [0, 0.1) is 13.8 Å². The number of sulfonamides is 1. The highest BCUT2D eigenvalue weighted by molar-refractivity contribution is 7.89. The predicted molar refractivity (Wildman–Crippen MR) is 105 cm³/mol. The van der Waals surface area contributed by atoms with E-state index in [4.69, 9.17) is 4.74 Å². The molecule has 0 aromatic heterocycles. The first-order chi connectivity index (χ1) is 12.8. The van der Waals surface area contributed by atoms with E-state index in [-0.39, 0.29) is 10.8 Å². The Morgan fingerprint density at radius 1 is 1.07 bits per heavy atom. The number of amides is 1. The van der Waals surface area contributed by atoms with Gasteiger partial charge in [-0.05, 0) is 49.2 Å². The van der Waals surface area contributed by atoms with Crippen molar-refractivity contribution in [2.45, 2.75) is 18.7 Å². The second-order valence-electron chi connectivity index (χ2n) is 6.70. The predicted octanol–water partition coefficient (Wildman–Crippen LogP) is 2.60. The third-order valence-electron chi connectivity index (χ3n) is 4.72. The Labute approximate surface area is 160 Å². The van der Waals surface area contributed by atoms with Crippen molar-refractivity contribution >= 4 is 21.6 Å². The molecule has 0 atom stereocenters. The molecule has 0 bridgehead atoms. The molecule has 27 heavy (non-hydrogen) atoms. The van der Waals surface area contributed by atoms with E-state index in [0.29, 0.717) is 31.9 Å². The summed E-state index contributed by atoms with van der Waals surface area (Å²) in [4.78, 5) is 14.6. The number of hydrogen-bond acceptors (Lipinski definition) is 4. The SMILES string of the molecule is Cc1ccc(C)c(N(C)C(=O)c2cccc(S(=O)(=O)N3CCOCC3)c2)c1. The van der Waals surface area contributed by atoms with E-state index in [2.05, 4.69) is 0 Å². The molecule has 2 aromatic rings. The minimum atomic E-state index is -3.64. The van der Waals surface area contributed by atoms with Crippen molar-refractivity contribution in [2.75, 3.05) is 38.3 Å². The molecule has 0 N–H and O–H groups in total. The lowest BCUT2D eigenvalue weighted by Gasteiger charge is -2.26. The fourth-order valence-corrected chi connectivity index (χ4v) is 4.56. The van der Waals surface area contributed by atoms with Gasteiger partial charge in [0.15, 0.2) is 0 Å². The summed E-state index contributed by atoms with van der Waals surface area (Å²) in [5.41, 5.74) is 3.18. The molecule has 0 unspecified atom stereocenters. The van der Waals surface area contributed by atoms with Crippen molar-refractivity contribution in [3.05, 3.63) is 59.2 Å². The molecule has 1 amide bonds. The Hall–Kier alpha value is -2.22. The topological polar surface area (TPSA) is 66.9 Å². The van der Waals surface area contributed by atoms with Gasteiger partial charge in [-0.3, -0.25) is 4.79 Å². The van der Waals surface area contributed by atoms with Gasteiger partial charge in [-0.25, -0.2) is 8.42 Å². The van der Waals surface area contributed by atoms with E-state index >= 15 is 0 Å². The summed E-state index contributed by atoms with van der Waals surface area (Å²) in [6.45, 7) is 5.32. The van der Waals surface area contributed by atoms with Crippen molar-refractivity contribution in [3.8, 4) is 0 Å². The van der Waals surface area contributed by atoms with E-state index in [1.165, 1.54) is 16.4 Å².